The smallest absolute Gasteiger partial charge is 0.0277 e. The van der Waals surface area contributed by atoms with Gasteiger partial charge in [0.15, 0.2) is 0 Å². The maximum atomic E-state index is 4.26. The molecule has 2 nitrogen and oxygen atoms in total. The molecule has 0 saturated carbocycles. The maximum Gasteiger partial charge on any atom is 0.0277 e. The van der Waals surface area contributed by atoms with E-state index in [0.717, 1.165) is 0 Å². The van der Waals surface area contributed by atoms with Crippen molar-refractivity contribution >= 4 is 7.21 Å². The SMILES string of the molecule is CN=P(C)(C)N(C)C. The Bertz CT molecular complexity index is 112. The first kappa shape index (κ1) is 8.19. The van der Waals surface area contributed by atoms with Gasteiger partial charge < -0.3 is 0 Å². The van der Waals surface area contributed by atoms with Gasteiger partial charge >= 0.3 is 0 Å². The van der Waals surface area contributed by atoms with E-state index in [1.165, 1.54) is 0 Å². The van der Waals surface area contributed by atoms with E-state index in [-0.39, 0.29) is 0 Å². The van der Waals surface area contributed by atoms with Gasteiger partial charge in [0.2, 0.25) is 0 Å². The normalized spacial score (nSPS) is 12.2. The van der Waals surface area contributed by atoms with Crippen LogP contribution in [0.15, 0.2) is 4.74 Å². The summed E-state index contributed by atoms with van der Waals surface area (Å²) in [4.78, 5) is 0. The molecule has 0 rings (SSSR count). The number of rotatable bonds is 1. The Labute approximate surface area is 52.0 Å². The van der Waals surface area contributed by atoms with Gasteiger partial charge in [0.05, 0.1) is 0 Å². The molecule has 0 saturated heterocycles. The average molecular weight is 134 g/mol. The summed E-state index contributed by atoms with van der Waals surface area (Å²) in [5, 5.41) is 0. The summed E-state index contributed by atoms with van der Waals surface area (Å²) >= 11 is 0. The van der Waals surface area contributed by atoms with E-state index in [2.05, 4.69) is 36.8 Å². The minimum atomic E-state index is -1.04. The second-order valence-electron chi connectivity index (χ2n) is 2.38. The van der Waals surface area contributed by atoms with Crippen LogP contribution in [-0.2, 0) is 0 Å². The number of hydrogen-bond acceptors (Lipinski definition) is 1. The van der Waals surface area contributed by atoms with Gasteiger partial charge in [-0.3, -0.25) is 9.42 Å². The second-order valence-corrected chi connectivity index (χ2v) is 6.26. The molecule has 3 heteroatoms. The van der Waals surface area contributed by atoms with Crippen LogP contribution >= 0.6 is 7.21 Å². The van der Waals surface area contributed by atoms with Crippen LogP contribution in [0.1, 0.15) is 0 Å². The van der Waals surface area contributed by atoms with Crippen molar-refractivity contribution in [3.8, 4) is 0 Å². The van der Waals surface area contributed by atoms with Crippen molar-refractivity contribution in [3.05, 3.63) is 0 Å². The van der Waals surface area contributed by atoms with Gasteiger partial charge in [0.1, 0.15) is 0 Å². The topological polar surface area (TPSA) is 15.6 Å². The van der Waals surface area contributed by atoms with E-state index >= 15 is 0 Å². The summed E-state index contributed by atoms with van der Waals surface area (Å²) in [6, 6.07) is 0. The van der Waals surface area contributed by atoms with Crippen molar-refractivity contribution in [2.75, 3.05) is 34.5 Å². The molecule has 0 aromatic heterocycles. The highest BCUT2D eigenvalue weighted by Crippen LogP contribution is 2.41. The Hall–Kier alpha value is 0.190. The zero-order valence-electron chi connectivity index (χ0n) is 6.34. The highest BCUT2D eigenvalue weighted by molar-refractivity contribution is 7.62. The van der Waals surface area contributed by atoms with E-state index in [1.54, 1.807) is 0 Å². The quantitative estimate of drug-likeness (QED) is 0.497. The van der Waals surface area contributed by atoms with Crippen molar-refractivity contribution in [2.45, 2.75) is 0 Å². The van der Waals surface area contributed by atoms with Gasteiger partial charge in [0, 0.05) is 14.3 Å². The lowest BCUT2D eigenvalue weighted by atomic mass is 11.3. The van der Waals surface area contributed by atoms with Crippen LogP contribution < -0.4 is 0 Å². The molecular weight excluding hydrogens is 119 g/mol. The third-order valence-corrected chi connectivity index (χ3v) is 4.40. The molecule has 0 radical (unpaired) electrons. The standard InChI is InChI=1S/C5H15N2P/c1-6-8(4,5)7(2)3/h1-5H3. The van der Waals surface area contributed by atoms with Crippen LogP contribution in [0.3, 0.4) is 0 Å². The summed E-state index contributed by atoms with van der Waals surface area (Å²) in [6.45, 7) is 4.38. The van der Waals surface area contributed by atoms with Gasteiger partial charge in [-0.05, 0) is 27.4 Å². The zero-order chi connectivity index (χ0) is 6.78. The fourth-order valence-corrected chi connectivity index (χ4v) is 0.537. The Kier molecular flexibility index (Phi) is 2.72. The van der Waals surface area contributed by atoms with E-state index in [1.807, 2.05) is 7.05 Å². The van der Waals surface area contributed by atoms with E-state index in [4.69, 9.17) is 0 Å². The third-order valence-electron chi connectivity index (χ3n) is 1.47. The van der Waals surface area contributed by atoms with Crippen molar-refractivity contribution in [1.29, 1.82) is 0 Å². The fraction of sp³-hybridized carbons (Fsp3) is 1.00. The van der Waals surface area contributed by atoms with Crippen molar-refractivity contribution < 1.29 is 0 Å². The van der Waals surface area contributed by atoms with Gasteiger partial charge in [-0.15, -0.1) is 0 Å². The molecule has 0 heterocycles. The third kappa shape index (κ3) is 1.97. The lowest BCUT2D eigenvalue weighted by Gasteiger charge is -2.21. The molecule has 8 heavy (non-hydrogen) atoms. The molecule has 0 aromatic carbocycles. The van der Waals surface area contributed by atoms with Crippen LogP contribution in [0.4, 0.5) is 0 Å². The monoisotopic (exact) mass is 134 g/mol. The van der Waals surface area contributed by atoms with E-state index in [9.17, 15) is 0 Å². The molecule has 0 amide bonds. The zero-order valence-corrected chi connectivity index (χ0v) is 7.24. The molecule has 50 valence electrons. The fourth-order valence-electron chi connectivity index (χ4n) is 0.179. The van der Waals surface area contributed by atoms with Crippen LogP contribution in [0, 0.1) is 0 Å². The minimum absolute atomic E-state index is 1.04. The maximum absolute atomic E-state index is 4.26. The molecule has 0 aliphatic carbocycles. The van der Waals surface area contributed by atoms with Crippen molar-refractivity contribution in [1.82, 2.24) is 4.67 Å². The first-order valence-corrected chi connectivity index (χ1v) is 5.22. The molecule has 0 spiro atoms. The predicted octanol–water partition coefficient (Wildman–Crippen LogP) is 1.55. The van der Waals surface area contributed by atoms with Crippen LogP contribution in [0.25, 0.3) is 0 Å². The van der Waals surface area contributed by atoms with Crippen LogP contribution in [-0.4, -0.2) is 39.1 Å². The summed E-state index contributed by atoms with van der Waals surface area (Å²) in [6.07, 6.45) is 0. The predicted molar refractivity (Wildman–Crippen MR) is 40.8 cm³/mol. The molecule has 0 unspecified atom stereocenters. The highest BCUT2D eigenvalue weighted by atomic mass is 31.2. The molecule has 0 bridgehead atoms. The van der Waals surface area contributed by atoms with Gasteiger partial charge in [-0.25, -0.2) is 0 Å². The van der Waals surface area contributed by atoms with Gasteiger partial charge in [-0.1, -0.05) is 0 Å². The summed E-state index contributed by atoms with van der Waals surface area (Å²) < 4.78 is 6.44. The molecular formula is C5H15N2P. The van der Waals surface area contributed by atoms with Crippen LogP contribution in [0.2, 0.25) is 0 Å². The average Bonchev–Trinajstić information content (AvgIpc) is 1.67. The highest BCUT2D eigenvalue weighted by Gasteiger charge is 2.03. The first-order valence-electron chi connectivity index (χ1n) is 2.64. The lowest BCUT2D eigenvalue weighted by Crippen LogP contribution is -2.05. The van der Waals surface area contributed by atoms with Crippen molar-refractivity contribution in [3.63, 3.8) is 0 Å². The summed E-state index contributed by atoms with van der Waals surface area (Å²) in [5.74, 6) is 0. The largest absolute Gasteiger partial charge is 0.292 e. The molecule has 0 atom stereocenters. The summed E-state index contributed by atoms with van der Waals surface area (Å²) in [7, 11) is 4.99. The van der Waals surface area contributed by atoms with E-state index in [0.29, 0.717) is 0 Å². The minimum Gasteiger partial charge on any atom is -0.292 e. The molecule has 0 fully saturated rings. The van der Waals surface area contributed by atoms with Crippen LogP contribution in [0.5, 0.6) is 0 Å². The second kappa shape index (κ2) is 2.65. The Morgan fingerprint density at radius 3 is 1.62 bits per heavy atom. The molecule has 0 N–H and O–H groups in total. The Morgan fingerprint density at radius 1 is 1.25 bits per heavy atom. The lowest BCUT2D eigenvalue weighted by molar-refractivity contribution is 0.674. The number of nitrogens with zero attached hydrogens (tertiary/aromatic N) is 2. The Morgan fingerprint density at radius 2 is 1.62 bits per heavy atom. The summed E-state index contributed by atoms with van der Waals surface area (Å²) in [5.41, 5.74) is 0. The van der Waals surface area contributed by atoms with Crippen molar-refractivity contribution in [2.24, 2.45) is 4.74 Å². The molecule has 0 aliphatic rings. The van der Waals surface area contributed by atoms with E-state index < -0.39 is 7.21 Å². The first-order chi connectivity index (χ1) is 3.50. The van der Waals surface area contributed by atoms with Gasteiger partial charge in [0.25, 0.3) is 0 Å². The van der Waals surface area contributed by atoms with Gasteiger partial charge in [-0.2, -0.15) is 0 Å². The molecule has 0 aromatic rings. The Balaban J connectivity index is 4.15. The molecule has 0 aliphatic heterocycles. The number of hydrogen-bond donors (Lipinski definition) is 0.